The average molecular weight is 397 g/mol. The van der Waals surface area contributed by atoms with Crippen LogP contribution < -0.4 is 5.32 Å². The summed E-state index contributed by atoms with van der Waals surface area (Å²) >= 11 is 1.53. The topological polar surface area (TPSA) is 98.8 Å². The van der Waals surface area contributed by atoms with Crippen molar-refractivity contribution in [1.29, 1.82) is 0 Å². The molecule has 0 fully saturated rings. The van der Waals surface area contributed by atoms with Crippen LogP contribution >= 0.6 is 11.3 Å². The summed E-state index contributed by atoms with van der Waals surface area (Å²) in [5.41, 5.74) is 0.623. The van der Waals surface area contributed by atoms with Crippen LogP contribution in [0.3, 0.4) is 0 Å². The normalized spacial score (nSPS) is 11.8. The van der Waals surface area contributed by atoms with E-state index in [1.54, 1.807) is 0 Å². The number of hydrogen-bond donors (Lipinski definition) is 1. The average Bonchev–Trinajstić information content (AvgIpc) is 2.94. The van der Waals surface area contributed by atoms with E-state index in [9.17, 15) is 19.2 Å². The van der Waals surface area contributed by atoms with Gasteiger partial charge in [-0.1, -0.05) is 13.8 Å². The van der Waals surface area contributed by atoms with Gasteiger partial charge in [0.2, 0.25) is 0 Å². The lowest BCUT2D eigenvalue weighted by Crippen LogP contribution is -2.44. The molecule has 27 heavy (non-hydrogen) atoms. The summed E-state index contributed by atoms with van der Waals surface area (Å²) in [5, 5.41) is 2.50. The maximum atomic E-state index is 12.1. The van der Waals surface area contributed by atoms with Crippen molar-refractivity contribution in [1.82, 2.24) is 5.32 Å². The van der Waals surface area contributed by atoms with Crippen LogP contribution in [0.15, 0.2) is 6.07 Å². The number of ether oxygens (including phenoxy) is 2. The molecule has 0 aliphatic heterocycles. The van der Waals surface area contributed by atoms with Gasteiger partial charge in [-0.25, -0.2) is 4.79 Å². The summed E-state index contributed by atoms with van der Waals surface area (Å²) in [5.74, 6) is -1.72. The minimum atomic E-state index is -0.785. The molecule has 150 valence electrons. The molecule has 1 rings (SSSR count). The predicted octanol–water partition coefficient (Wildman–Crippen LogP) is 2.57. The number of methoxy groups -OCH3 is 1. The highest BCUT2D eigenvalue weighted by atomic mass is 32.1. The van der Waals surface area contributed by atoms with Crippen LogP contribution in [0.1, 0.15) is 53.2 Å². The fourth-order valence-electron chi connectivity index (χ4n) is 2.54. The maximum absolute atomic E-state index is 12.1. The highest BCUT2D eigenvalue weighted by Crippen LogP contribution is 2.22. The van der Waals surface area contributed by atoms with Gasteiger partial charge in [-0.05, 0) is 32.3 Å². The number of Topliss-reactive ketones (excluding diaryl/α,β-unsaturated/α-hetero) is 1. The van der Waals surface area contributed by atoms with Gasteiger partial charge >= 0.3 is 11.9 Å². The van der Waals surface area contributed by atoms with E-state index in [-0.39, 0.29) is 24.5 Å². The van der Waals surface area contributed by atoms with Gasteiger partial charge < -0.3 is 14.8 Å². The van der Waals surface area contributed by atoms with E-state index in [1.807, 2.05) is 33.8 Å². The number of rotatable bonds is 10. The highest BCUT2D eigenvalue weighted by Gasteiger charge is 2.23. The van der Waals surface area contributed by atoms with Crippen molar-refractivity contribution in [2.45, 2.75) is 53.0 Å². The maximum Gasteiger partial charge on any atom is 0.328 e. The number of ketones is 1. The largest absolute Gasteiger partial charge is 0.467 e. The minimum absolute atomic E-state index is 0.0234. The molecule has 0 radical (unpaired) electrons. The fraction of sp³-hybridized carbons (Fsp3) is 0.579. The fourth-order valence-corrected chi connectivity index (χ4v) is 3.48. The van der Waals surface area contributed by atoms with Gasteiger partial charge in [0.05, 0.1) is 13.5 Å². The number of carbonyl (C=O) groups is 4. The first-order chi connectivity index (χ1) is 12.6. The molecule has 1 amide bonds. The molecular formula is C19H27NO6S. The van der Waals surface area contributed by atoms with Crippen LogP contribution in [-0.4, -0.2) is 43.4 Å². The van der Waals surface area contributed by atoms with Crippen LogP contribution in [0.4, 0.5) is 0 Å². The number of esters is 2. The predicted molar refractivity (Wildman–Crippen MR) is 102 cm³/mol. The lowest BCUT2D eigenvalue weighted by atomic mass is 10.0. The smallest absolute Gasteiger partial charge is 0.328 e. The monoisotopic (exact) mass is 397 g/mol. The second kappa shape index (κ2) is 10.8. The summed E-state index contributed by atoms with van der Waals surface area (Å²) in [4.78, 5) is 49.5. The third kappa shape index (κ3) is 7.90. The van der Waals surface area contributed by atoms with Gasteiger partial charge in [-0.2, -0.15) is 0 Å². The molecule has 0 spiro atoms. The van der Waals surface area contributed by atoms with Crippen LogP contribution in [-0.2, 0) is 23.9 Å². The Morgan fingerprint density at radius 3 is 2.33 bits per heavy atom. The molecule has 1 N–H and O–H groups in total. The molecule has 0 saturated carbocycles. The third-order valence-corrected chi connectivity index (χ3v) is 4.76. The summed E-state index contributed by atoms with van der Waals surface area (Å²) < 4.78 is 9.55. The van der Waals surface area contributed by atoms with Crippen molar-refractivity contribution in [2.75, 3.05) is 13.7 Å². The van der Waals surface area contributed by atoms with E-state index in [2.05, 4.69) is 10.1 Å². The van der Waals surface area contributed by atoms with E-state index in [1.165, 1.54) is 18.4 Å². The van der Waals surface area contributed by atoms with Crippen LogP contribution in [0.5, 0.6) is 0 Å². The molecule has 7 nitrogen and oxygen atoms in total. The van der Waals surface area contributed by atoms with Crippen molar-refractivity contribution in [3.8, 4) is 0 Å². The van der Waals surface area contributed by atoms with Crippen molar-refractivity contribution >= 4 is 35.0 Å². The molecule has 1 aromatic rings. The number of aryl methyl sites for hydroxylation is 2. The number of carbonyl (C=O) groups excluding carboxylic acids is 4. The molecule has 0 unspecified atom stereocenters. The first-order valence-electron chi connectivity index (χ1n) is 8.77. The zero-order valence-corrected chi connectivity index (χ0v) is 17.2. The van der Waals surface area contributed by atoms with Crippen molar-refractivity contribution < 1.29 is 28.7 Å². The summed E-state index contributed by atoms with van der Waals surface area (Å²) in [6.07, 6.45) is 0.336. The Labute approximate surface area is 163 Å². The van der Waals surface area contributed by atoms with E-state index >= 15 is 0 Å². The Hall–Kier alpha value is -2.22. The molecule has 8 heteroatoms. The molecule has 1 aromatic heterocycles. The number of amides is 1. The van der Waals surface area contributed by atoms with E-state index < -0.39 is 30.5 Å². The van der Waals surface area contributed by atoms with Gasteiger partial charge in [-0.15, -0.1) is 11.3 Å². The van der Waals surface area contributed by atoms with Crippen molar-refractivity contribution in [3.63, 3.8) is 0 Å². The Balaban J connectivity index is 2.42. The second-order valence-corrected chi connectivity index (χ2v) is 8.14. The number of thiophene rings is 1. The molecule has 0 aliphatic rings. The Morgan fingerprint density at radius 2 is 1.81 bits per heavy atom. The second-order valence-electron chi connectivity index (χ2n) is 6.68. The molecule has 0 bridgehead atoms. The number of hydrogen-bond acceptors (Lipinski definition) is 7. The molecule has 1 atom stereocenters. The molecule has 1 heterocycles. The quantitative estimate of drug-likeness (QED) is 0.481. The Bertz CT molecular complexity index is 694. The Morgan fingerprint density at radius 1 is 1.15 bits per heavy atom. The van der Waals surface area contributed by atoms with Crippen LogP contribution in [0.2, 0.25) is 0 Å². The zero-order valence-electron chi connectivity index (χ0n) is 16.4. The van der Waals surface area contributed by atoms with Crippen LogP contribution in [0, 0.1) is 19.8 Å². The van der Waals surface area contributed by atoms with Crippen molar-refractivity contribution in [2.24, 2.45) is 5.92 Å². The molecule has 0 aromatic carbocycles. The van der Waals surface area contributed by atoms with Gasteiger partial charge in [0.15, 0.2) is 12.4 Å². The van der Waals surface area contributed by atoms with Crippen LogP contribution in [0.25, 0.3) is 0 Å². The lowest BCUT2D eigenvalue weighted by molar-refractivity contribution is -0.150. The summed E-state index contributed by atoms with van der Waals surface area (Å²) in [6, 6.07) is 1.02. The minimum Gasteiger partial charge on any atom is -0.467 e. The van der Waals surface area contributed by atoms with E-state index in [0.29, 0.717) is 12.0 Å². The molecular weight excluding hydrogens is 370 g/mol. The number of nitrogens with one attached hydrogen (secondary N) is 1. The first-order valence-corrected chi connectivity index (χ1v) is 9.58. The molecule has 0 aliphatic carbocycles. The van der Waals surface area contributed by atoms with Gasteiger partial charge in [0.1, 0.15) is 6.04 Å². The Kier molecular flexibility index (Phi) is 9.14. The lowest BCUT2D eigenvalue weighted by Gasteiger charge is -2.18. The van der Waals surface area contributed by atoms with Gasteiger partial charge in [0.25, 0.3) is 5.91 Å². The van der Waals surface area contributed by atoms with Gasteiger partial charge in [-0.3, -0.25) is 14.4 Å². The van der Waals surface area contributed by atoms with E-state index in [4.69, 9.17) is 4.74 Å². The first kappa shape index (κ1) is 22.8. The highest BCUT2D eigenvalue weighted by molar-refractivity contribution is 7.12. The van der Waals surface area contributed by atoms with E-state index in [0.717, 1.165) is 9.75 Å². The third-order valence-electron chi connectivity index (χ3n) is 3.79. The summed E-state index contributed by atoms with van der Waals surface area (Å²) in [7, 11) is 1.25. The summed E-state index contributed by atoms with van der Waals surface area (Å²) in [6.45, 7) is 7.10. The zero-order chi connectivity index (χ0) is 20.6. The standard InChI is InChI=1S/C19H27NO6S/c1-11(2)8-15(19(24)25-5)20-17(22)10-26-18(23)7-6-16(21)14-9-12(3)27-13(14)4/h9,11,15H,6-8,10H2,1-5H3,(H,20,22)/t15-/m1/s1. The van der Waals surface area contributed by atoms with Gasteiger partial charge in [0, 0.05) is 21.7 Å². The SMILES string of the molecule is COC(=O)[C@@H](CC(C)C)NC(=O)COC(=O)CCC(=O)c1cc(C)sc1C. The van der Waals surface area contributed by atoms with Crippen molar-refractivity contribution in [3.05, 3.63) is 21.4 Å². The molecule has 0 saturated heterocycles.